The molecule has 6 heteroatoms. The Morgan fingerprint density at radius 3 is 2.71 bits per heavy atom. The fourth-order valence-electron chi connectivity index (χ4n) is 4.08. The summed E-state index contributed by atoms with van der Waals surface area (Å²) >= 11 is 0. The monoisotopic (exact) mass is 334 g/mol. The lowest BCUT2D eigenvalue weighted by Gasteiger charge is -2.34. The number of hydrogen-bond donors (Lipinski definition) is 0. The minimum atomic E-state index is 0.285. The molecule has 134 valence electrons. The van der Waals surface area contributed by atoms with E-state index in [2.05, 4.69) is 21.8 Å². The molecule has 3 heterocycles. The Morgan fingerprint density at radius 1 is 1.33 bits per heavy atom. The molecule has 0 radical (unpaired) electrons. The topological polar surface area (TPSA) is 50.6 Å². The summed E-state index contributed by atoms with van der Waals surface area (Å²) in [7, 11) is 1.93. The number of likely N-dealkylation sites (tertiary alicyclic amines) is 1. The Labute approximate surface area is 144 Å². The molecule has 2 fully saturated rings. The number of morpholine rings is 1. The number of carbonyl (C=O) groups excluding carboxylic acids is 1. The summed E-state index contributed by atoms with van der Waals surface area (Å²) in [6.07, 6.45) is 4.53. The summed E-state index contributed by atoms with van der Waals surface area (Å²) in [4.78, 5) is 17.3. The van der Waals surface area contributed by atoms with Crippen LogP contribution in [0.15, 0.2) is 6.20 Å². The minimum absolute atomic E-state index is 0.285. The van der Waals surface area contributed by atoms with Crippen molar-refractivity contribution in [1.29, 1.82) is 0 Å². The maximum atomic E-state index is 12.7. The predicted molar refractivity (Wildman–Crippen MR) is 92.8 cm³/mol. The Balaban J connectivity index is 1.56. The third-order valence-corrected chi connectivity index (χ3v) is 5.52. The summed E-state index contributed by atoms with van der Waals surface area (Å²) in [5, 5.41) is 4.36. The van der Waals surface area contributed by atoms with E-state index >= 15 is 0 Å². The van der Waals surface area contributed by atoms with Crippen molar-refractivity contribution in [2.24, 2.45) is 13.0 Å². The zero-order valence-corrected chi connectivity index (χ0v) is 15.2. The van der Waals surface area contributed by atoms with Crippen molar-refractivity contribution in [2.75, 3.05) is 39.4 Å². The molecule has 0 aliphatic carbocycles. The van der Waals surface area contributed by atoms with Crippen LogP contribution in [-0.2, 0) is 23.0 Å². The van der Waals surface area contributed by atoms with E-state index < -0.39 is 0 Å². The van der Waals surface area contributed by atoms with Gasteiger partial charge in [0.1, 0.15) is 0 Å². The van der Waals surface area contributed by atoms with Crippen LogP contribution >= 0.6 is 0 Å². The van der Waals surface area contributed by atoms with E-state index in [9.17, 15) is 4.79 Å². The SMILES string of the molecule is CC[C@@H]1CN(C(=O)CCc2cn(C)nc2C)C[C@@H]1N1CCOCC1. The second-order valence-electron chi connectivity index (χ2n) is 7.10. The van der Waals surface area contributed by atoms with Gasteiger partial charge >= 0.3 is 0 Å². The molecular weight excluding hydrogens is 304 g/mol. The van der Waals surface area contributed by atoms with Crippen molar-refractivity contribution in [3.63, 3.8) is 0 Å². The maximum absolute atomic E-state index is 12.7. The van der Waals surface area contributed by atoms with Crippen molar-refractivity contribution < 1.29 is 9.53 Å². The molecule has 6 nitrogen and oxygen atoms in total. The largest absolute Gasteiger partial charge is 0.379 e. The van der Waals surface area contributed by atoms with Crippen LogP contribution < -0.4 is 0 Å². The van der Waals surface area contributed by atoms with E-state index in [0.717, 1.165) is 57.9 Å². The van der Waals surface area contributed by atoms with Crippen LogP contribution in [0.3, 0.4) is 0 Å². The third-order valence-electron chi connectivity index (χ3n) is 5.52. The number of rotatable bonds is 5. The molecule has 1 aromatic rings. The maximum Gasteiger partial charge on any atom is 0.222 e. The lowest BCUT2D eigenvalue weighted by Crippen LogP contribution is -2.47. The predicted octanol–water partition coefficient (Wildman–Crippen LogP) is 1.23. The lowest BCUT2D eigenvalue weighted by molar-refractivity contribution is -0.130. The normalized spacial score (nSPS) is 25.4. The van der Waals surface area contributed by atoms with Gasteiger partial charge in [0.25, 0.3) is 0 Å². The van der Waals surface area contributed by atoms with Crippen molar-refractivity contribution in [2.45, 2.75) is 39.2 Å². The molecule has 2 saturated heterocycles. The van der Waals surface area contributed by atoms with Gasteiger partial charge in [0.2, 0.25) is 5.91 Å². The van der Waals surface area contributed by atoms with E-state index in [1.807, 2.05) is 24.9 Å². The molecule has 0 saturated carbocycles. The molecule has 24 heavy (non-hydrogen) atoms. The van der Waals surface area contributed by atoms with Gasteiger partial charge in [-0.15, -0.1) is 0 Å². The van der Waals surface area contributed by atoms with E-state index in [1.54, 1.807) is 0 Å². The van der Waals surface area contributed by atoms with Gasteiger partial charge in [0.15, 0.2) is 0 Å². The van der Waals surface area contributed by atoms with Crippen molar-refractivity contribution in [3.05, 3.63) is 17.5 Å². The highest BCUT2D eigenvalue weighted by molar-refractivity contribution is 5.77. The van der Waals surface area contributed by atoms with Crippen LogP contribution in [0.25, 0.3) is 0 Å². The quantitative estimate of drug-likeness (QED) is 0.813. The number of carbonyl (C=O) groups is 1. The smallest absolute Gasteiger partial charge is 0.222 e. The van der Waals surface area contributed by atoms with Crippen LogP contribution in [0.2, 0.25) is 0 Å². The van der Waals surface area contributed by atoms with Gasteiger partial charge in [-0.3, -0.25) is 14.4 Å². The highest BCUT2D eigenvalue weighted by atomic mass is 16.5. The van der Waals surface area contributed by atoms with Gasteiger partial charge in [-0.05, 0) is 24.8 Å². The van der Waals surface area contributed by atoms with E-state index in [4.69, 9.17) is 4.74 Å². The van der Waals surface area contributed by atoms with Crippen LogP contribution in [-0.4, -0.2) is 70.9 Å². The number of ether oxygens (including phenoxy) is 1. The minimum Gasteiger partial charge on any atom is -0.379 e. The Kier molecular flexibility index (Phi) is 5.56. The van der Waals surface area contributed by atoms with Crippen molar-refractivity contribution >= 4 is 5.91 Å². The average Bonchev–Trinajstić information content (AvgIpc) is 3.16. The van der Waals surface area contributed by atoms with Gasteiger partial charge < -0.3 is 9.64 Å². The number of aryl methyl sites for hydroxylation is 3. The van der Waals surface area contributed by atoms with Crippen LogP contribution in [0.5, 0.6) is 0 Å². The first kappa shape index (κ1) is 17.4. The summed E-state index contributed by atoms with van der Waals surface area (Å²) in [5.74, 6) is 0.875. The fraction of sp³-hybridized carbons (Fsp3) is 0.778. The molecule has 0 spiro atoms. The zero-order valence-electron chi connectivity index (χ0n) is 15.2. The average molecular weight is 334 g/mol. The zero-order chi connectivity index (χ0) is 17.1. The first-order chi connectivity index (χ1) is 11.6. The first-order valence-electron chi connectivity index (χ1n) is 9.17. The summed E-state index contributed by atoms with van der Waals surface area (Å²) in [5.41, 5.74) is 2.21. The second-order valence-corrected chi connectivity index (χ2v) is 7.10. The molecule has 1 amide bonds. The highest BCUT2D eigenvalue weighted by Crippen LogP contribution is 2.26. The van der Waals surface area contributed by atoms with Gasteiger partial charge in [0, 0.05) is 51.9 Å². The molecule has 2 atom stereocenters. The number of aromatic nitrogens is 2. The molecule has 0 unspecified atom stereocenters. The van der Waals surface area contributed by atoms with Gasteiger partial charge in [0.05, 0.1) is 18.9 Å². The third kappa shape index (κ3) is 3.81. The summed E-state index contributed by atoms with van der Waals surface area (Å²) < 4.78 is 7.30. The Morgan fingerprint density at radius 2 is 2.08 bits per heavy atom. The Bertz CT molecular complexity index is 565. The number of amides is 1. The molecule has 0 bridgehead atoms. The molecule has 3 rings (SSSR count). The van der Waals surface area contributed by atoms with Crippen LogP contribution in [0.1, 0.15) is 31.0 Å². The van der Waals surface area contributed by atoms with E-state index in [-0.39, 0.29) is 5.91 Å². The molecule has 1 aromatic heterocycles. The van der Waals surface area contributed by atoms with E-state index in [0.29, 0.717) is 18.4 Å². The first-order valence-corrected chi connectivity index (χ1v) is 9.17. The molecule has 0 N–H and O–H groups in total. The Hall–Kier alpha value is -1.40. The van der Waals surface area contributed by atoms with Crippen molar-refractivity contribution in [3.8, 4) is 0 Å². The van der Waals surface area contributed by atoms with Gasteiger partial charge in [-0.25, -0.2) is 0 Å². The van der Waals surface area contributed by atoms with Crippen LogP contribution in [0, 0.1) is 12.8 Å². The molecule has 0 aromatic carbocycles. The highest BCUT2D eigenvalue weighted by Gasteiger charge is 2.37. The van der Waals surface area contributed by atoms with Gasteiger partial charge in [-0.1, -0.05) is 13.3 Å². The van der Waals surface area contributed by atoms with Crippen LogP contribution in [0.4, 0.5) is 0 Å². The molecule has 2 aliphatic heterocycles. The second kappa shape index (κ2) is 7.66. The van der Waals surface area contributed by atoms with Gasteiger partial charge in [-0.2, -0.15) is 5.10 Å². The fourth-order valence-corrected chi connectivity index (χ4v) is 4.08. The summed E-state index contributed by atoms with van der Waals surface area (Å²) in [6, 6.07) is 0.503. The lowest BCUT2D eigenvalue weighted by atomic mass is 9.99. The molecular formula is C18H30N4O2. The number of hydrogen-bond acceptors (Lipinski definition) is 4. The summed E-state index contributed by atoms with van der Waals surface area (Å²) in [6.45, 7) is 9.67. The molecule has 2 aliphatic rings. The van der Waals surface area contributed by atoms with Crippen molar-refractivity contribution in [1.82, 2.24) is 19.6 Å². The number of nitrogens with zero attached hydrogens (tertiary/aromatic N) is 4. The van der Waals surface area contributed by atoms with E-state index in [1.165, 1.54) is 5.56 Å². The standard InChI is InChI=1S/C18H30N4O2/c1-4-15-12-22(13-17(15)21-7-9-24-10-8-21)18(23)6-5-16-11-20(3)19-14(16)2/h11,15,17H,4-10,12-13H2,1-3H3/t15-,17+/m1/s1.